The van der Waals surface area contributed by atoms with E-state index < -0.39 is 12.0 Å². The molecule has 0 aliphatic rings. The van der Waals surface area contributed by atoms with Crippen LogP contribution in [0.3, 0.4) is 0 Å². The van der Waals surface area contributed by atoms with Crippen molar-refractivity contribution in [2.24, 2.45) is 5.73 Å². The molecule has 1 heterocycles. The summed E-state index contributed by atoms with van der Waals surface area (Å²) < 4.78 is 12.3. The van der Waals surface area contributed by atoms with Crippen LogP contribution in [-0.2, 0) is 4.79 Å². The van der Waals surface area contributed by atoms with E-state index in [2.05, 4.69) is 10.4 Å². The lowest BCUT2D eigenvalue weighted by Gasteiger charge is -2.15. The molecule has 0 radical (unpaired) electrons. The van der Waals surface area contributed by atoms with Crippen LogP contribution in [0.2, 0.25) is 0 Å². The second-order valence-electron chi connectivity index (χ2n) is 5.98. The van der Waals surface area contributed by atoms with Crippen LogP contribution in [0.25, 0.3) is 5.69 Å². The molecule has 3 rings (SSSR count). The molecular formula is C20H20N4O4. The van der Waals surface area contributed by atoms with Crippen LogP contribution in [0.4, 0.5) is 5.69 Å². The number of nitrogens with two attached hydrogens (primary N) is 1. The number of rotatable bonds is 7. The van der Waals surface area contributed by atoms with Gasteiger partial charge in [0, 0.05) is 11.9 Å². The number of primary amides is 1. The molecule has 1 unspecified atom stereocenters. The predicted molar refractivity (Wildman–Crippen MR) is 104 cm³/mol. The second kappa shape index (κ2) is 8.26. The summed E-state index contributed by atoms with van der Waals surface area (Å²) in [5.41, 5.74) is 6.73. The molecular weight excluding hydrogens is 360 g/mol. The molecule has 0 aliphatic carbocycles. The van der Waals surface area contributed by atoms with Crippen molar-refractivity contribution >= 4 is 17.5 Å². The second-order valence-corrected chi connectivity index (χ2v) is 5.98. The van der Waals surface area contributed by atoms with Gasteiger partial charge in [0.25, 0.3) is 11.8 Å². The molecule has 8 nitrogen and oxygen atoms in total. The third-order valence-electron chi connectivity index (χ3n) is 3.98. The van der Waals surface area contributed by atoms with E-state index in [1.807, 2.05) is 0 Å². The first kappa shape index (κ1) is 19.0. The number of nitrogens with zero attached hydrogens (tertiary/aromatic N) is 2. The minimum absolute atomic E-state index is 0.182. The highest BCUT2D eigenvalue weighted by atomic mass is 16.5. The van der Waals surface area contributed by atoms with E-state index in [-0.39, 0.29) is 11.6 Å². The summed E-state index contributed by atoms with van der Waals surface area (Å²) in [4.78, 5) is 23.5. The van der Waals surface area contributed by atoms with Gasteiger partial charge in [-0.3, -0.25) is 9.59 Å². The average molecular weight is 380 g/mol. The Morgan fingerprint density at radius 1 is 1.04 bits per heavy atom. The first-order chi connectivity index (χ1) is 13.5. The van der Waals surface area contributed by atoms with Crippen molar-refractivity contribution in [3.63, 3.8) is 0 Å². The molecule has 0 saturated carbocycles. The van der Waals surface area contributed by atoms with Gasteiger partial charge in [0.2, 0.25) is 0 Å². The van der Waals surface area contributed by atoms with E-state index in [1.165, 1.54) is 10.7 Å². The Labute approximate surface area is 161 Å². The van der Waals surface area contributed by atoms with Crippen LogP contribution >= 0.6 is 0 Å². The quantitative estimate of drug-likeness (QED) is 0.654. The molecule has 1 atom stereocenters. The van der Waals surface area contributed by atoms with E-state index >= 15 is 0 Å². The molecule has 0 bridgehead atoms. The fourth-order valence-corrected chi connectivity index (χ4v) is 2.45. The van der Waals surface area contributed by atoms with Gasteiger partial charge in [-0.25, -0.2) is 4.68 Å². The smallest absolute Gasteiger partial charge is 0.269 e. The molecule has 1 aromatic heterocycles. The molecule has 28 heavy (non-hydrogen) atoms. The lowest BCUT2D eigenvalue weighted by Crippen LogP contribution is -2.30. The van der Waals surface area contributed by atoms with Crippen LogP contribution in [0.5, 0.6) is 11.5 Å². The highest BCUT2D eigenvalue weighted by Crippen LogP contribution is 2.19. The van der Waals surface area contributed by atoms with Gasteiger partial charge < -0.3 is 20.5 Å². The molecule has 0 saturated heterocycles. The summed E-state index contributed by atoms with van der Waals surface area (Å²) in [7, 11) is 1.58. The average Bonchev–Trinajstić information content (AvgIpc) is 3.19. The minimum Gasteiger partial charge on any atom is -0.497 e. The number of nitrogens with one attached hydrogen (secondary N) is 1. The number of hydrogen-bond donors (Lipinski definition) is 2. The van der Waals surface area contributed by atoms with E-state index in [0.717, 1.165) is 5.69 Å². The third-order valence-corrected chi connectivity index (χ3v) is 3.98. The van der Waals surface area contributed by atoms with Gasteiger partial charge >= 0.3 is 0 Å². The Hall–Kier alpha value is -3.81. The third kappa shape index (κ3) is 4.47. The summed E-state index contributed by atoms with van der Waals surface area (Å²) in [5.74, 6) is 0.416. The Kier molecular flexibility index (Phi) is 5.59. The molecule has 0 aliphatic heterocycles. The highest BCUT2D eigenvalue weighted by Gasteiger charge is 2.15. The topological polar surface area (TPSA) is 108 Å². The van der Waals surface area contributed by atoms with Gasteiger partial charge in [0.1, 0.15) is 17.2 Å². The molecule has 144 valence electrons. The molecule has 0 fully saturated rings. The zero-order chi connectivity index (χ0) is 20.1. The summed E-state index contributed by atoms with van der Waals surface area (Å²) in [6.07, 6.45) is 0.954. The summed E-state index contributed by atoms with van der Waals surface area (Å²) in [6, 6.07) is 15.5. The Bertz CT molecular complexity index is 965. The van der Waals surface area contributed by atoms with Crippen LogP contribution in [0.15, 0.2) is 60.8 Å². The Morgan fingerprint density at radius 3 is 2.25 bits per heavy atom. The lowest BCUT2D eigenvalue weighted by molar-refractivity contribution is -0.122. The van der Waals surface area contributed by atoms with E-state index in [9.17, 15) is 9.59 Å². The van der Waals surface area contributed by atoms with Crippen molar-refractivity contribution in [2.75, 3.05) is 12.4 Å². The fourth-order valence-electron chi connectivity index (χ4n) is 2.45. The molecule has 3 aromatic rings. The zero-order valence-electron chi connectivity index (χ0n) is 15.5. The maximum atomic E-state index is 12.3. The number of ether oxygens (including phenoxy) is 2. The summed E-state index contributed by atoms with van der Waals surface area (Å²) >= 11 is 0. The van der Waals surface area contributed by atoms with Gasteiger partial charge in [-0.05, 0) is 61.5 Å². The fraction of sp³-hybridized carbons (Fsp3) is 0.150. The highest BCUT2D eigenvalue weighted by molar-refractivity contribution is 5.94. The first-order valence-corrected chi connectivity index (χ1v) is 8.54. The number of aromatic nitrogens is 2. The number of benzene rings is 2. The first-order valence-electron chi connectivity index (χ1n) is 8.54. The minimum atomic E-state index is -0.683. The van der Waals surface area contributed by atoms with Crippen molar-refractivity contribution in [3.8, 4) is 17.2 Å². The van der Waals surface area contributed by atoms with Gasteiger partial charge in [-0.1, -0.05) is 0 Å². The number of carbonyl (C=O) groups is 2. The molecule has 2 amide bonds. The Morgan fingerprint density at radius 2 is 1.68 bits per heavy atom. The predicted octanol–water partition coefficient (Wildman–Crippen LogP) is 2.39. The van der Waals surface area contributed by atoms with Crippen LogP contribution in [-0.4, -0.2) is 34.8 Å². The van der Waals surface area contributed by atoms with Crippen molar-refractivity contribution in [1.82, 2.24) is 9.78 Å². The molecule has 0 spiro atoms. The van der Waals surface area contributed by atoms with Crippen molar-refractivity contribution < 1.29 is 19.1 Å². The normalized spacial score (nSPS) is 11.5. The summed E-state index contributed by atoms with van der Waals surface area (Å²) in [6.45, 7) is 1.67. The van der Waals surface area contributed by atoms with Crippen molar-refractivity contribution in [3.05, 3.63) is 66.5 Å². The number of methoxy groups -OCH3 is 1. The maximum absolute atomic E-state index is 12.3. The van der Waals surface area contributed by atoms with E-state index in [1.54, 1.807) is 68.8 Å². The molecule has 8 heteroatoms. The maximum Gasteiger partial charge on any atom is 0.269 e. The van der Waals surface area contributed by atoms with Crippen molar-refractivity contribution in [2.45, 2.75) is 13.0 Å². The van der Waals surface area contributed by atoms with Gasteiger partial charge in [0.15, 0.2) is 6.10 Å². The van der Waals surface area contributed by atoms with Gasteiger partial charge in [-0.2, -0.15) is 5.10 Å². The van der Waals surface area contributed by atoms with E-state index in [4.69, 9.17) is 15.2 Å². The van der Waals surface area contributed by atoms with Gasteiger partial charge in [-0.15, -0.1) is 0 Å². The number of amides is 2. The lowest BCUT2D eigenvalue weighted by atomic mass is 10.2. The molecule has 3 N–H and O–H groups in total. The number of anilines is 1. The SMILES string of the molecule is COc1ccc(OC(C)C(=O)Nc2ccc(-n3ccc(C(N)=O)n3)cc2)cc1. The van der Waals surface area contributed by atoms with Crippen LogP contribution < -0.4 is 20.5 Å². The van der Waals surface area contributed by atoms with E-state index in [0.29, 0.717) is 17.2 Å². The number of carbonyl (C=O) groups excluding carboxylic acids is 2. The van der Waals surface area contributed by atoms with Crippen molar-refractivity contribution in [1.29, 1.82) is 0 Å². The summed E-state index contributed by atoms with van der Waals surface area (Å²) in [5, 5.41) is 6.88. The van der Waals surface area contributed by atoms with Gasteiger partial charge in [0.05, 0.1) is 12.8 Å². The zero-order valence-corrected chi connectivity index (χ0v) is 15.5. The standard InChI is InChI=1S/C20H20N4O4/c1-13(28-17-9-7-16(27-2)8-10-17)20(26)22-14-3-5-15(6-4-14)24-12-11-18(23-24)19(21)25/h3-13H,1-2H3,(H2,21,25)(H,22,26). The van der Waals surface area contributed by atoms with Crippen LogP contribution in [0.1, 0.15) is 17.4 Å². The largest absolute Gasteiger partial charge is 0.497 e. The van der Waals surface area contributed by atoms with Crippen LogP contribution in [0, 0.1) is 0 Å². The number of hydrogen-bond acceptors (Lipinski definition) is 5. The Balaban J connectivity index is 1.60. The molecule has 2 aromatic carbocycles. The monoisotopic (exact) mass is 380 g/mol.